The van der Waals surface area contributed by atoms with Crippen molar-refractivity contribution in [2.45, 2.75) is 40.2 Å². The molecule has 2 N–H and O–H groups in total. The van der Waals surface area contributed by atoms with Crippen LogP contribution in [0.25, 0.3) is 0 Å². The summed E-state index contributed by atoms with van der Waals surface area (Å²) in [5.74, 6) is 0.122. The third-order valence-electron chi connectivity index (χ3n) is 3.13. The Labute approximate surface area is 139 Å². The van der Waals surface area contributed by atoms with E-state index in [1.165, 1.54) is 6.33 Å². The van der Waals surface area contributed by atoms with Gasteiger partial charge in [-0.25, -0.2) is 9.78 Å². The van der Waals surface area contributed by atoms with Crippen LogP contribution in [-0.4, -0.2) is 38.6 Å². The lowest BCUT2D eigenvalue weighted by Gasteiger charge is -2.09. The Hall–Kier alpha value is -2.71. The first-order chi connectivity index (χ1) is 11.4. The van der Waals surface area contributed by atoms with E-state index in [2.05, 4.69) is 39.3 Å². The van der Waals surface area contributed by atoms with Crippen molar-refractivity contribution in [2.75, 3.05) is 6.61 Å². The van der Waals surface area contributed by atoms with Crippen LogP contribution in [0.5, 0.6) is 0 Å². The fourth-order valence-corrected chi connectivity index (χ4v) is 2.04. The first-order valence-electron chi connectivity index (χ1n) is 7.76. The van der Waals surface area contributed by atoms with Gasteiger partial charge in [0, 0.05) is 6.42 Å². The third kappa shape index (κ3) is 4.18. The second kappa shape index (κ2) is 7.71. The van der Waals surface area contributed by atoms with Crippen molar-refractivity contribution in [3.8, 4) is 0 Å². The van der Waals surface area contributed by atoms with Gasteiger partial charge in [0.2, 0.25) is 5.89 Å². The van der Waals surface area contributed by atoms with E-state index in [1.54, 1.807) is 13.8 Å². The van der Waals surface area contributed by atoms with E-state index in [9.17, 15) is 9.59 Å². The minimum absolute atomic E-state index is 0.00701. The molecule has 130 valence electrons. The fraction of sp³-hybridized carbons (Fsp3) is 0.533. The number of rotatable bonds is 7. The summed E-state index contributed by atoms with van der Waals surface area (Å²) in [7, 11) is 0. The minimum atomic E-state index is -0.634. The molecule has 0 bridgehead atoms. The van der Waals surface area contributed by atoms with E-state index in [4.69, 9.17) is 9.26 Å². The Morgan fingerprint density at radius 2 is 2.12 bits per heavy atom. The highest BCUT2D eigenvalue weighted by Gasteiger charge is 2.24. The smallest absolute Gasteiger partial charge is 0.357 e. The summed E-state index contributed by atoms with van der Waals surface area (Å²) in [5, 5.41) is 6.56. The first-order valence-corrected chi connectivity index (χ1v) is 7.76. The first kappa shape index (κ1) is 17.6. The molecule has 1 amide bonds. The summed E-state index contributed by atoms with van der Waals surface area (Å²) in [4.78, 5) is 34.8. The SMILES string of the molecule is CCOC(=O)c1[nH]cnc1C(=O)N[C@H](C)c1nc(CC(C)C)no1. The van der Waals surface area contributed by atoms with Gasteiger partial charge in [-0.1, -0.05) is 19.0 Å². The number of carbonyl (C=O) groups excluding carboxylic acids is 2. The standard InChI is InChI=1S/C15H21N5O4/c1-5-23-15(22)12-11(16-7-17-12)13(21)18-9(4)14-19-10(20-24-14)6-8(2)3/h7-9H,5-6H2,1-4H3,(H,16,17)(H,18,21)/t9-/m1/s1. The molecule has 0 radical (unpaired) electrons. The number of amides is 1. The number of hydrogen-bond donors (Lipinski definition) is 2. The summed E-state index contributed by atoms with van der Waals surface area (Å²) < 4.78 is 10.0. The summed E-state index contributed by atoms with van der Waals surface area (Å²) in [6, 6.07) is -0.516. The predicted molar refractivity (Wildman–Crippen MR) is 83.3 cm³/mol. The zero-order valence-electron chi connectivity index (χ0n) is 14.1. The highest BCUT2D eigenvalue weighted by molar-refractivity contribution is 6.02. The average molecular weight is 335 g/mol. The molecule has 9 nitrogen and oxygen atoms in total. The topological polar surface area (TPSA) is 123 Å². The molecule has 0 aliphatic carbocycles. The monoisotopic (exact) mass is 335 g/mol. The summed E-state index contributed by atoms with van der Waals surface area (Å²) in [6.45, 7) is 7.70. The number of aromatic amines is 1. The minimum Gasteiger partial charge on any atom is -0.461 e. The van der Waals surface area contributed by atoms with Gasteiger partial charge in [0.25, 0.3) is 5.91 Å². The van der Waals surface area contributed by atoms with Crippen LogP contribution in [0.15, 0.2) is 10.9 Å². The highest BCUT2D eigenvalue weighted by Crippen LogP contribution is 2.13. The van der Waals surface area contributed by atoms with Gasteiger partial charge in [-0.05, 0) is 19.8 Å². The zero-order chi connectivity index (χ0) is 17.7. The number of imidazole rings is 1. The van der Waals surface area contributed by atoms with Crippen molar-refractivity contribution in [3.63, 3.8) is 0 Å². The Morgan fingerprint density at radius 1 is 1.38 bits per heavy atom. The molecule has 0 saturated carbocycles. The number of carbonyl (C=O) groups is 2. The van der Waals surface area contributed by atoms with Crippen molar-refractivity contribution < 1.29 is 18.8 Å². The molecule has 0 aliphatic heterocycles. The number of H-pyrrole nitrogens is 1. The van der Waals surface area contributed by atoms with Gasteiger partial charge < -0.3 is 19.6 Å². The van der Waals surface area contributed by atoms with E-state index < -0.39 is 17.9 Å². The van der Waals surface area contributed by atoms with Gasteiger partial charge in [0.05, 0.1) is 12.9 Å². The molecule has 0 aliphatic rings. The Bertz CT molecular complexity index is 706. The van der Waals surface area contributed by atoms with Crippen LogP contribution < -0.4 is 5.32 Å². The van der Waals surface area contributed by atoms with E-state index in [0.29, 0.717) is 24.1 Å². The quantitative estimate of drug-likeness (QED) is 0.737. The fourth-order valence-electron chi connectivity index (χ4n) is 2.04. The zero-order valence-corrected chi connectivity index (χ0v) is 14.1. The van der Waals surface area contributed by atoms with Crippen LogP contribution in [0.4, 0.5) is 0 Å². The van der Waals surface area contributed by atoms with Crippen LogP contribution in [-0.2, 0) is 11.2 Å². The number of nitrogens with one attached hydrogen (secondary N) is 2. The van der Waals surface area contributed by atoms with Gasteiger partial charge in [-0.3, -0.25) is 4.79 Å². The van der Waals surface area contributed by atoms with E-state index in [1.807, 2.05) is 0 Å². The second-order valence-corrected chi connectivity index (χ2v) is 5.69. The summed E-state index contributed by atoms with van der Waals surface area (Å²) in [6.07, 6.45) is 1.95. The van der Waals surface area contributed by atoms with Crippen LogP contribution in [0.3, 0.4) is 0 Å². The van der Waals surface area contributed by atoms with E-state index >= 15 is 0 Å². The van der Waals surface area contributed by atoms with Gasteiger partial charge in [0.1, 0.15) is 6.04 Å². The maximum atomic E-state index is 12.3. The number of aromatic nitrogens is 4. The molecule has 2 rings (SSSR count). The summed E-state index contributed by atoms with van der Waals surface area (Å²) in [5.41, 5.74) is -0.0326. The molecule has 2 aromatic rings. The van der Waals surface area contributed by atoms with Crippen LogP contribution in [0.1, 0.15) is 66.4 Å². The second-order valence-electron chi connectivity index (χ2n) is 5.69. The van der Waals surface area contributed by atoms with Gasteiger partial charge in [-0.15, -0.1) is 0 Å². The number of esters is 1. The van der Waals surface area contributed by atoms with Gasteiger partial charge in [0.15, 0.2) is 17.2 Å². The van der Waals surface area contributed by atoms with E-state index in [0.717, 1.165) is 0 Å². The van der Waals surface area contributed by atoms with Crippen molar-refractivity contribution >= 4 is 11.9 Å². The molecule has 2 heterocycles. The molecule has 0 spiro atoms. The third-order valence-corrected chi connectivity index (χ3v) is 3.13. The summed E-state index contributed by atoms with van der Waals surface area (Å²) >= 11 is 0. The predicted octanol–water partition coefficient (Wildman–Crippen LogP) is 1.66. The van der Waals surface area contributed by atoms with E-state index in [-0.39, 0.29) is 18.0 Å². The van der Waals surface area contributed by atoms with Crippen LogP contribution in [0.2, 0.25) is 0 Å². The lowest BCUT2D eigenvalue weighted by atomic mass is 10.1. The Balaban J connectivity index is 2.05. The molecular weight excluding hydrogens is 314 g/mol. The molecule has 9 heteroatoms. The number of ether oxygens (including phenoxy) is 1. The molecule has 0 unspecified atom stereocenters. The molecule has 0 fully saturated rings. The average Bonchev–Trinajstić information content (AvgIpc) is 3.15. The molecule has 0 aromatic carbocycles. The Morgan fingerprint density at radius 3 is 2.79 bits per heavy atom. The lowest BCUT2D eigenvalue weighted by Crippen LogP contribution is -2.29. The number of nitrogens with zero attached hydrogens (tertiary/aromatic N) is 3. The van der Waals surface area contributed by atoms with Crippen molar-refractivity contribution in [1.29, 1.82) is 0 Å². The molecule has 1 atom stereocenters. The molecule has 0 saturated heterocycles. The maximum absolute atomic E-state index is 12.3. The maximum Gasteiger partial charge on any atom is 0.357 e. The van der Waals surface area contributed by atoms with Gasteiger partial charge >= 0.3 is 5.97 Å². The molecular formula is C15H21N5O4. The number of hydrogen-bond acceptors (Lipinski definition) is 7. The van der Waals surface area contributed by atoms with Crippen LogP contribution >= 0.6 is 0 Å². The van der Waals surface area contributed by atoms with Crippen molar-refractivity contribution in [1.82, 2.24) is 25.4 Å². The highest BCUT2D eigenvalue weighted by atomic mass is 16.5. The van der Waals surface area contributed by atoms with Crippen molar-refractivity contribution in [2.24, 2.45) is 5.92 Å². The van der Waals surface area contributed by atoms with Crippen molar-refractivity contribution in [3.05, 3.63) is 29.4 Å². The molecule has 2 aromatic heterocycles. The normalized spacial score (nSPS) is 12.2. The molecule has 24 heavy (non-hydrogen) atoms. The lowest BCUT2D eigenvalue weighted by molar-refractivity contribution is 0.0516. The van der Waals surface area contributed by atoms with Crippen LogP contribution in [0, 0.1) is 5.92 Å². The largest absolute Gasteiger partial charge is 0.461 e. The van der Waals surface area contributed by atoms with Gasteiger partial charge in [-0.2, -0.15) is 4.98 Å². The Kier molecular flexibility index (Phi) is 5.67.